The second-order valence-electron chi connectivity index (χ2n) is 9.75. The fourth-order valence-corrected chi connectivity index (χ4v) is 5.08. The molecule has 0 aliphatic carbocycles. The van der Waals surface area contributed by atoms with Crippen molar-refractivity contribution in [1.82, 2.24) is 4.90 Å². The first-order valence-corrected chi connectivity index (χ1v) is 13.5. The molecule has 1 aliphatic heterocycles. The molecule has 35 heavy (non-hydrogen) atoms. The lowest BCUT2D eigenvalue weighted by molar-refractivity contribution is -0.135. The van der Waals surface area contributed by atoms with Gasteiger partial charge in [-0.05, 0) is 54.2 Å². The molecule has 1 saturated heterocycles. The van der Waals surface area contributed by atoms with E-state index in [9.17, 15) is 13.2 Å². The molecule has 0 radical (unpaired) electrons. The third-order valence-electron chi connectivity index (χ3n) is 5.46. The summed E-state index contributed by atoms with van der Waals surface area (Å²) in [6, 6.07) is 8.90. The van der Waals surface area contributed by atoms with Gasteiger partial charge in [0, 0.05) is 26.1 Å². The van der Waals surface area contributed by atoms with Crippen LogP contribution in [0, 0.1) is 5.41 Å². The molecule has 0 N–H and O–H groups in total. The molecule has 0 unspecified atom stereocenters. The second-order valence-corrected chi connectivity index (χ2v) is 12.1. The largest absolute Gasteiger partial charge is 0.493 e. The van der Waals surface area contributed by atoms with E-state index in [1.54, 1.807) is 23.1 Å². The zero-order valence-corrected chi connectivity index (χ0v) is 22.7. The molecule has 1 amide bonds. The molecule has 7 nitrogen and oxygen atoms in total. The molecule has 1 atom stereocenters. The maximum absolute atomic E-state index is 13.1. The SMILES string of the molecule is COc1ccc(CN(C[C@H]2CCCO2)C(=O)CC(C)(C)C)cc1OS(=O)(=O)c1ccc(Cl)c(Cl)c1. The highest BCUT2D eigenvalue weighted by molar-refractivity contribution is 7.87. The molecule has 2 aromatic carbocycles. The number of ether oxygens (including phenoxy) is 2. The maximum Gasteiger partial charge on any atom is 0.339 e. The Hall–Kier alpha value is -2.00. The Morgan fingerprint density at radius 2 is 1.86 bits per heavy atom. The van der Waals surface area contributed by atoms with Crippen LogP contribution in [-0.2, 0) is 26.2 Å². The van der Waals surface area contributed by atoms with Crippen LogP contribution in [0.25, 0.3) is 0 Å². The van der Waals surface area contributed by atoms with Gasteiger partial charge in [0.05, 0.1) is 23.3 Å². The van der Waals surface area contributed by atoms with Crippen molar-refractivity contribution in [1.29, 1.82) is 0 Å². The highest BCUT2D eigenvalue weighted by Crippen LogP contribution is 2.33. The van der Waals surface area contributed by atoms with Gasteiger partial charge in [-0.15, -0.1) is 0 Å². The molecule has 3 rings (SSSR count). The average molecular weight is 544 g/mol. The van der Waals surface area contributed by atoms with E-state index in [1.165, 1.54) is 25.3 Å². The number of amides is 1. The first-order chi connectivity index (χ1) is 16.4. The fourth-order valence-electron chi connectivity index (χ4n) is 3.76. The van der Waals surface area contributed by atoms with E-state index >= 15 is 0 Å². The van der Waals surface area contributed by atoms with Crippen LogP contribution in [0.2, 0.25) is 10.0 Å². The number of nitrogens with zero attached hydrogens (tertiary/aromatic N) is 1. The van der Waals surface area contributed by atoms with Gasteiger partial charge in [-0.2, -0.15) is 8.42 Å². The molecule has 0 aromatic heterocycles. The number of rotatable bonds is 9. The lowest BCUT2D eigenvalue weighted by atomic mass is 9.91. The number of hydrogen-bond donors (Lipinski definition) is 0. The third-order valence-corrected chi connectivity index (χ3v) is 7.43. The molecule has 192 valence electrons. The number of benzene rings is 2. The van der Waals surface area contributed by atoms with Gasteiger partial charge in [-0.1, -0.05) is 50.0 Å². The summed E-state index contributed by atoms with van der Waals surface area (Å²) in [6.45, 7) is 7.49. The summed E-state index contributed by atoms with van der Waals surface area (Å²) in [6.07, 6.45) is 2.24. The zero-order chi connectivity index (χ0) is 25.8. The number of carbonyl (C=O) groups excluding carboxylic acids is 1. The van der Waals surface area contributed by atoms with Gasteiger partial charge in [0.25, 0.3) is 0 Å². The summed E-state index contributed by atoms with van der Waals surface area (Å²) in [7, 11) is -2.79. The summed E-state index contributed by atoms with van der Waals surface area (Å²) >= 11 is 11.9. The van der Waals surface area contributed by atoms with Crippen molar-refractivity contribution in [2.24, 2.45) is 5.41 Å². The van der Waals surface area contributed by atoms with Crippen molar-refractivity contribution in [3.63, 3.8) is 0 Å². The fraction of sp³-hybridized carbons (Fsp3) is 0.480. The molecule has 1 fully saturated rings. The van der Waals surface area contributed by atoms with E-state index in [-0.39, 0.29) is 50.4 Å². The normalized spacial score (nSPS) is 16.2. The summed E-state index contributed by atoms with van der Waals surface area (Å²) < 4.78 is 42.3. The smallest absolute Gasteiger partial charge is 0.339 e. The molecular weight excluding hydrogens is 513 g/mol. The minimum Gasteiger partial charge on any atom is -0.493 e. The lowest BCUT2D eigenvalue weighted by Gasteiger charge is -2.29. The van der Waals surface area contributed by atoms with E-state index in [2.05, 4.69) is 0 Å². The first-order valence-electron chi connectivity index (χ1n) is 11.3. The number of hydrogen-bond acceptors (Lipinski definition) is 6. The molecule has 0 bridgehead atoms. The summed E-state index contributed by atoms with van der Waals surface area (Å²) in [5.41, 5.74) is 0.527. The number of halogens is 2. The Bertz CT molecular complexity index is 1160. The van der Waals surface area contributed by atoms with Crippen molar-refractivity contribution >= 4 is 39.2 Å². The molecule has 1 heterocycles. The van der Waals surface area contributed by atoms with E-state index < -0.39 is 10.1 Å². The monoisotopic (exact) mass is 543 g/mol. The van der Waals surface area contributed by atoms with Crippen LogP contribution in [0.15, 0.2) is 41.3 Å². The Morgan fingerprint density at radius 3 is 2.46 bits per heavy atom. The Morgan fingerprint density at radius 1 is 1.11 bits per heavy atom. The summed E-state index contributed by atoms with van der Waals surface area (Å²) in [4.78, 5) is 14.8. The summed E-state index contributed by atoms with van der Waals surface area (Å²) in [5, 5.41) is 0.329. The predicted octanol–water partition coefficient (Wildman–Crippen LogP) is 5.71. The number of carbonyl (C=O) groups is 1. The molecule has 1 aliphatic rings. The second kappa shape index (κ2) is 11.4. The van der Waals surface area contributed by atoms with Crippen LogP contribution >= 0.6 is 23.2 Å². The quantitative estimate of drug-likeness (QED) is 0.376. The van der Waals surface area contributed by atoms with Crippen molar-refractivity contribution in [3.8, 4) is 11.5 Å². The first kappa shape index (κ1) is 27.6. The van der Waals surface area contributed by atoms with E-state index in [1.807, 2.05) is 20.8 Å². The van der Waals surface area contributed by atoms with Gasteiger partial charge in [0.2, 0.25) is 5.91 Å². The molecule has 0 spiro atoms. The van der Waals surface area contributed by atoms with Crippen molar-refractivity contribution in [3.05, 3.63) is 52.0 Å². The van der Waals surface area contributed by atoms with Gasteiger partial charge < -0.3 is 18.6 Å². The Balaban J connectivity index is 1.87. The van der Waals surface area contributed by atoms with Crippen molar-refractivity contribution in [2.45, 2.75) is 57.6 Å². The van der Waals surface area contributed by atoms with Crippen LogP contribution in [0.3, 0.4) is 0 Å². The van der Waals surface area contributed by atoms with Gasteiger partial charge in [-0.3, -0.25) is 4.79 Å². The average Bonchev–Trinajstić information content (AvgIpc) is 3.27. The van der Waals surface area contributed by atoms with Crippen molar-refractivity contribution < 1.29 is 26.9 Å². The molecule has 2 aromatic rings. The highest BCUT2D eigenvalue weighted by atomic mass is 35.5. The maximum atomic E-state index is 13.1. The van der Waals surface area contributed by atoms with Crippen LogP contribution in [0.1, 0.15) is 45.6 Å². The molecular formula is C25H31Cl2NO6S. The van der Waals surface area contributed by atoms with Gasteiger partial charge in [0.15, 0.2) is 11.5 Å². The Labute approximate surface area is 217 Å². The van der Waals surface area contributed by atoms with Gasteiger partial charge in [0.1, 0.15) is 4.90 Å². The van der Waals surface area contributed by atoms with Crippen LogP contribution in [0.4, 0.5) is 0 Å². The van der Waals surface area contributed by atoms with Crippen LogP contribution in [-0.4, -0.2) is 45.6 Å². The third kappa shape index (κ3) is 7.74. The minimum absolute atomic E-state index is 0.00899. The van der Waals surface area contributed by atoms with Gasteiger partial charge in [-0.25, -0.2) is 0 Å². The lowest BCUT2D eigenvalue weighted by Crippen LogP contribution is -2.38. The van der Waals surface area contributed by atoms with Crippen LogP contribution in [0.5, 0.6) is 11.5 Å². The number of methoxy groups -OCH3 is 1. The Kier molecular flexibility index (Phi) is 8.96. The summed E-state index contributed by atoms with van der Waals surface area (Å²) in [5.74, 6) is 0.259. The molecule has 0 saturated carbocycles. The minimum atomic E-state index is -4.21. The van der Waals surface area contributed by atoms with E-state index in [4.69, 9.17) is 36.9 Å². The topological polar surface area (TPSA) is 82.1 Å². The molecule has 10 heteroatoms. The van der Waals surface area contributed by atoms with E-state index in [0.717, 1.165) is 12.8 Å². The van der Waals surface area contributed by atoms with E-state index in [0.29, 0.717) is 25.1 Å². The van der Waals surface area contributed by atoms with Gasteiger partial charge >= 0.3 is 10.1 Å². The highest BCUT2D eigenvalue weighted by Gasteiger charge is 2.27. The standard InChI is InChI=1S/C25H31Cl2NO6S/c1-25(2,3)14-24(29)28(16-18-6-5-11-33-18)15-17-7-10-22(32-4)23(12-17)34-35(30,31)19-8-9-20(26)21(27)13-19/h7-10,12-13,18H,5-6,11,14-16H2,1-4H3/t18-/m1/s1. The van der Waals surface area contributed by atoms with Crippen LogP contribution < -0.4 is 8.92 Å². The van der Waals surface area contributed by atoms with Crippen molar-refractivity contribution in [2.75, 3.05) is 20.3 Å². The predicted molar refractivity (Wildman–Crippen MR) is 136 cm³/mol. The zero-order valence-electron chi connectivity index (χ0n) is 20.3.